The molecule has 1 aliphatic heterocycles. The molecule has 2 heterocycles. The molecule has 0 aromatic carbocycles. The number of aromatic nitrogens is 1. The third-order valence-corrected chi connectivity index (χ3v) is 3.06. The molecule has 17 heavy (non-hydrogen) atoms. The number of amides is 1. The third kappa shape index (κ3) is 2.24. The van der Waals surface area contributed by atoms with Crippen LogP contribution < -0.4 is 10.2 Å². The van der Waals surface area contributed by atoms with E-state index in [1.165, 1.54) is 0 Å². The van der Waals surface area contributed by atoms with Gasteiger partial charge in [-0.1, -0.05) is 0 Å². The van der Waals surface area contributed by atoms with Crippen molar-refractivity contribution < 1.29 is 9.90 Å². The Balaban J connectivity index is 2.30. The second kappa shape index (κ2) is 4.71. The van der Waals surface area contributed by atoms with Crippen molar-refractivity contribution in [1.82, 2.24) is 10.3 Å². The fourth-order valence-corrected chi connectivity index (χ4v) is 2.08. The van der Waals surface area contributed by atoms with Crippen molar-refractivity contribution in [2.75, 3.05) is 18.0 Å². The lowest BCUT2D eigenvalue weighted by Crippen LogP contribution is -2.54. The molecule has 0 spiro atoms. The van der Waals surface area contributed by atoms with E-state index in [4.69, 9.17) is 5.11 Å². The fraction of sp³-hybridized carbons (Fsp3) is 0.500. The average molecular weight is 235 g/mol. The van der Waals surface area contributed by atoms with Crippen LogP contribution in [-0.2, 0) is 11.4 Å². The van der Waals surface area contributed by atoms with Crippen molar-refractivity contribution in [1.29, 1.82) is 0 Å². The minimum atomic E-state index is -0.199. The highest BCUT2D eigenvalue weighted by atomic mass is 16.3. The molecule has 1 aromatic heterocycles. The Hall–Kier alpha value is -1.62. The van der Waals surface area contributed by atoms with Crippen LogP contribution in [0, 0.1) is 6.92 Å². The lowest BCUT2D eigenvalue weighted by molar-refractivity contribution is -0.122. The first-order chi connectivity index (χ1) is 8.13. The van der Waals surface area contributed by atoms with E-state index in [1.807, 2.05) is 24.8 Å². The summed E-state index contributed by atoms with van der Waals surface area (Å²) in [5, 5.41) is 11.9. The summed E-state index contributed by atoms with van der Waals surface area (Å²) in [6, 6.07) is 1.71. The van der Waals surface area contributed by atoms with Crippen molar-refractivity contribution in [3.05, 3.63) is 23.4 Å². The van der Waals surface area contributed by atoms with Crippen LogP contribution in [0.15, 0.2) is 12.3 Å². The van der Waals surface area contributed by atoms with Gasteiger partial charge < -0.3 is 15.3 Å². The Morgan fingerprint density at radius 3 is 3.06 bits per heavy atom. The Labute approximate surface area is 100 Å². The van der Waals surface area contributed by atoms with Crippen LogP contribution in [0.3, 0.4) is 0 Å². The molecule has 1 saturated heterocycles. The van der Waals surface area contributed by atoms with Crippen molar-refractivity contribution in [2.45, 2.75) is 26.5 Å². The van der Waals surface area contributed by atoms with Crippen molar-refractivity contribution in [3.63, 3.8) is 0 Å². The monoisotopic (exact) mass is 235 g/mol. The van der Waals surface area contributed by atoms with Gasteiger partial charge >= 0.3 is 0 Å². The number of piperazine rings is 1. The highest BCUT2D eigenvalue weighted by Gasteiger charge is 2.27. The number of hydrogen-bond donors (Lipinski definition) is 2. The molecule has 0 aliphatic carbocycles. The van der Waals surface area contributed by atoms with E-state index in [0.29, 0.717) is 6.54 Å². The number of hydrogen-bond acceptors (Lipinski definition) is 4. The van der Waals surface area contributed by atoms with E-state index in [0.717, 1.165) is 23.5 Å². The van der Waals surface area contributed by atoms with Gasteiger partial charge in [-0.05, 0) is 31.0 Å². The summed E-state index contributed by atoms with van der Waals surface area (Å²) in [6.45, 7) is 5.21. The molecule has 1 aliphatic rings. The highest BCUT2D eigenvalue weighted by Crippen LogP contribution is 2.21. The van der Waals surface area contributed by atoms with E-state index < -0.39 is 0 Å². The molecular formula is C12H17N3O2. The van der Waals surface area contributed by atoms with E-state index in [2.05, 4.69) is 10.3 Å². The third-order valence-electron chi connectivity index (χ3n) is 3.06. The normalized spacial score (nSPS) is 20.3. The standard InChI is InChI=1S/C12H17N3O2/c1-8-5-10(7-16)6-14-11(8)15-4-3-13-12(17)9(15)2/h5-6,9,16H,3-4,7H2,1-2H3,(H,13,17). The van der Waals surface area contributed by atoms with E-state index in [1.54, 1.807) is 6.20 Å². The van der Waals surface area contributed by atoms with E-state index in [9.17, 15) is 4.79 Å². The van der Waals surface area contributed by atoms with Crippen molar-refractivity contribution in [2.24, 2.45) is 0 Å². The summed E-state index contributed by atoms with van der Waals surface area (Å²) < 4.78 is 0. The van der Waals surface area contributed by atoms with Gasteiger partial charge in [0.1, 0.15) is 11.9 Å². The van der Waals surface area contributed by atoms with E-state index in [-0.39, 0.29) is 18.6 Å². The fourth-order valence-electron chi connectivity index (χ4n) is 2.08. The molecule has 2 rings (SSSR count). The second-order valence-corrected chi connectivity index (χ2v) is 4.30. The van der Waals surface area contributed by atoms with Crippen LogP contribution in [0.5, 0.6) is 0 Å². The summed E-state index contributed by atoms with van der Waals surface area (Å²) >= 11 is 0. The zero-order chi connectivity index (χ0) is 12.4. The van der Waals surface area contributed by atoms with Gasteiger partial charge in [0.15, 0.2) is 0 Å². The highest BCUT2D eigenvalue weighted by molar-refractivity contribution is 5.85. The molecule has 1 aromatic rings. The predicted octanol–water partition coefficient (Wildman–Crippen LogP) is 0.207. The first-order valence-electron chi connectivity index (χ1n) is 5.74. The van der Waals surface area contributed by atoms with E-state index >= 15 is 0 Å². The van der Waals surface area contributed by atoms with Gasteiger partial charge in [0, 0.05) is 19.3 Å². The van der Waals surface area contributed by atoms with Gasteiger partial charge in [-0.15, -0.1) is 0 Å². The summed E-state index contributed by atoms with van der Waals surface area (Å²) in [5.41, 5.74) is 1.78. The number of nitrogens with zero attached hydrogens (tertiary/aromatic N) is 2. The average Bonchev–Trinajstić information content (AvgIpc) is 2.33. The summed E-state index contributed by atoms with van der Waals surface area (Å²) in [6.07, 6.45) is 1.65. The Kier molecular flexibility index (Phi) is 3.28. The molecule has 5 heteroatoms. The second-order valence-electron chi connectivity index (χ2n) is 4.30. The number of aryl methyl sites for hydroxylation is 1. The quantitative estimate of drug-likeness (QED) is 0.769. The summed E-state index contributed by atoms with van der Waals surface area (Å²) in [5.74, 6) is 0.855. The van der Waals surface area contributed by atoms with Gasteiger partial charge in [0.2, 0.25) is 5.91 Å². The lowest BCUT2D eigenvalue weighted by atomic mass is 10.1. The predicted molar refractivity (Wildman–Crippen MR) is 64.7 cm³/mol. The molecule has 0 radical (unpaired) electrons. The van der Waals surface area contributed by atoms with Crippen molar-refractivity contribution >= 4 is 11.7 Å². The van der Waals surface area contributed by atoms with Gasteiger partial charge in [0.25, 0.3) is 0 Å². The molecule has 92 valence electrons. The number of pyridine rings is 1. The van der Waals surface area contributed by atoms with Crippen LogP contribution in [0.2, 0.25) is 0 Å². The zero-order valence-corrected chi connectivity index (χ0v) is 10.1. The van der Waals surface area contributed by atoms with Crippen LogP contribution in [0.1, 0.15) is 18.1 Å². The molecule has 2 N–H and O–H groups in total. The van der Waals surface area contributed by atoms with Crippen molar-refractivity contribution in [3.8, 4) is 0 Å². The number of rotatable bonds is 2. The number of aliphatic hydroxyl groups excluding tert-OH is 1. The molecule has 0 saturated carbocycles. The maximum atomic E-state index is 11.6. The van der Waals surface area contributed by atoms with Gasteiger partial charge in [-0.25, -0.2) is 4.98 Å². The first-order valence-corrected chi connectivity index (χ1v) is 5.74. The van der Waals surface area contributed by atoms with Crippen LogP contribution >= 0.6 is 0 Å². The minimum Gasteiger partial charge on any atom is -0.392 e. The number of carbonyl (C=O) groups excluding carboxylic acids is 1. The Bertz CT molecular complexity index is 434. The first kappa shape index (κ1) is 11.9. The molecule has 1 fully saturated rings. The molecule has 5 nitrogen and oxygen atoms in total. The summed E-state index contributed by atoms with van der Waals surface area (Å²) in [7, 11) is 0. The van der Waals surface area contributed by atoms with Gasteiger partial charge in [-0.2, -0.15) is 0 Å². The van der Waals surface area contributed by atoms with Gasteiger partial charge in [-0.3, -0.25) is 4.79 Å². The topological polar surface area (TPSA) is 65.5 Å². The maximum Gasteiger partial charge on any atom is 0.242 e. The molecular weight excluding hydrogens is 218 g/mol. The minimum absolute atomic E-state index is 0.00976. The van der Waals surface area contributed by atoms with Crippen LogP contribution in [0.4, 0.5) is 5.82 Å². The molecule has 1 amide bonds. The SMILES string of the molecule is Cc1cc(CO)cnc1N1CCNC(=O)C1C. The smallest absolute Gasteiger partial charge is 0.242 e. The summed E-state index contributed by atoms with van der Waals surface area (Å²) in [4.78, 5) is 17.9. The van der Waals surface area contributed by atoms with Gasteiger partial charge in [0.05, 0.1) is 6.61 Å². The molecule has 1 atom stereocenters. The Morgan fingerprint density at radius 2 is 2.41 bits per heavy atom. The van der Waals surface area contributed by atoms with Crippen LogP contribution in [-0.4, -0.2) is 35.1 Å². The Morgan fingerprint density at radius 1 is 1.65 bits per heavy atom. The number of nitrogens with one attached hydrogen (secondary N) is 1. The van der Waals surface area contributed by atoms with Crippen LogP contribution in [0.25, 0.3) is 0 Å². The maximum absolute atomic E-state index is 11.6. The number of anilines is 1. The lowest BCUT2D eigenvalue weighted by Gasteiger charge is -2.34. The number of aliphatic hydroxyl groups is 1. The number of carbonyl (C=O) groups is 1. The molecule has 1 unspecified atom stereocenters. The largest absolute Gasteiger partial charge is 0.392 e. The zero-order valence-electron chi connectivity index (χ0n) is 10.1. The molecule has 0 bridgehead atoms.